The standard InChI is InChI=1S/C10H13N5O2S2/c11-14-10-12-7-1-4-18-8(7)9(13-10)15-2-5-19(16,17)6-3-15/h1,4H,2-3,5-6,11H2,(H,12,13,14). The van der Waals surface area contributed by atoms with Crippen LogP contribution < -0.4 is 16.2 Å². The third-order valence-corrected chi connectivity index (χ3v) is 5.57. The quantitative estimate of drug-likeness (QED) is 0.604. The largest absolute Gasteiger partial charge is 0.353 e. The van der Waals surface area contributed by atoms with Gasteiger partial charge >= 0.3 is 0 Å². The number of nitrogens with one attached hydrogen (secondary N) is 1. The number of thiophene rings is 1. The van der Waals surface area contributed by atoms with Crippen LogP contribution in [-0.4, -0.2) is 43.0 Å². The van der Waals surface area contributed by atoms with Crippen LogP contribution in [0.2, 0.25) is 0 Å². The van der Waals surface area contributed by atoms with E-state index < -0.39 is 9.84 Å². The predicted molar refractivity (Wildman–Crippen MR) is 76.1 cm³/mol. The summed E-state index contributed by atoms with van der Waals surface area (Å²) in [7, 11) is -2.90. The van der Waals surface area contributed by atoms with E-state index in [1.165, 1.54) is 0 Å². The summed E-state index contributed by atoms with van der Waals surface area (Å²) in [6, 6.07) is 1.90. The van der Waals surface area contributed by atoms with Crippen LogP contribution in [0.25, 0.3) is 10.2 Å². The summed E-state index contributed by atoms with van der Waals surface area (Å²) < 4.78 is 23.9. The Kier molecular flexibility index (Phi) is 3.03. The van der Waals surface area contributed by atoms with E-state index in [0.29, 0.717) is 19.0 Å². The van der Waals surface area contributed by atoms with Crippen molar-refractivity contribution in [2.45, 2.75) is 0 Å². The van der Waals surface area contributed by atoms with Crippen molar-refractivity contribution in [2.75, 3.05) is 34.9 Å². The summed E-state index contributed by atoms with van der Waals surface area (Å²) in [6.45, 7) is 0.909. The number of hydrazine groups is 1. The van der Waals surface area contributed by atoms with Crippen molar-refractivity contribution in [1.82, 2.24) is 9.97 Å². The number of sulfone groups is 1. The average molecular weight is 299 g/mol. The van der Waals surface area contributed by atoms with Crippen LogP contribution in [0, 0.1) is 0 Å². The molecule has 1 aliphatic rings. The minimum absolute atomic E-state index is 0.162. The summed E-state index contributed by atoms with van der Waals surface area (Å²) in [6.07, 6.45) is 0. The average Bonchev–Trinajstić information content (AvgIpc) is 2.86. The van der Waals surface area contributed by atoms with Gasteiger partial charge in [0.1, 0.15) is 0 Å². The predicted octanol–water partition coefficient (Wildman–Crippen LogP) is 0.212. The van der Waals surface area contributed by atoms with E-state index in [9.17, 15) is 8.42 Å². The molecule has 1 saturated heterocycles. The molecule has 2 aromatic heterocycles. The van der Waals surface area contributed by atoms with Crippen molar-refractivity contribution in [2.24, 2.45) is 5.84 Å². The lowest BCUT2D eigenvalue weighted by Crippen LogP contribution is -2.40. The van der Waals surface area contributed by atoms with Gasteiger partial charge in [-0.15, -0.1) is 11.3 Å². The molecule has 3 N–H and O–H groups in total. The molecule has 7 nitrogen and oxygen atoms in total. The smallest absolute Gasteiger partial charge is 0.239 e. The third kappa shape index (κ3) is 2.36. The van der Waals surface area contributed by atoms with E-state index in [-0.39, 0.29) is 11.5 Å². The lowest BCUT2D eigenvalue weighted by atomic mass is 10.4. The zero-order chi connectivity index (χ0) is 13.5. The van der Waals surface area contributed by atoms with Crippen LogP contribution >= 0.6 is 11.3 Å². The van der Waals surface area contributed by atoms with Crippen LogP contribution in [0.3, 0.4) is 0 Å². The Morgan fingerprint density at radius 3 is 2.74 bits per heavy atom. The SMILES string of the molecule is NNc1nc(N2CCS(=O)(=O)CC2)c2sccc2n1. The summed E-state index contributed by atoms with van der Waals surface area (Å²) >= 11 is 1.54. The first-order valence-electron chi connectivity index (χ1n) is 5.76. The van der Waals surface area contributed by atoms with Gasteiger partial charge in [-0.25, -0.2) is 19.2 Å². The Bertz CT molecular complexity index is 698. The maximum atomic E-state index is 11.5. The molecule has 0 unspecified atom stereocenters. The van der Waals surface area contributed by atoms with Crippen molar-refractivity contribution in [1.29, 1.82) is 0 Å². The fraction of sp³-hybridized carbons (Fsp3) is 0.400. The Balaban J connectivity index is 2.02. The number of anilines is 2. The Labute approximate surface area is 114 Å². The fourth-order valence-corrected chi connectivity index (χ4v) is 4.10. The summed E-state index contributed by atoms with van der Waals surface area (Å²) in [5, 5.41) is 1.93. The lowest BCUT2D eigenvalue weighted by Gasteiger charge is -2.28. The molecule has 0 bridgehead atoms. The molecule has 0 aliphatic carbocycles. The normalized spacial score (nSPS) is 18.7. The van der Waals surface area contributed by atoms with Gasteiger partial charge < -0.3 is 4.90 Å². The summed E-state index contributed by atoms with van der Waals surface area (Å²) in [5.41, 5.74) is 3.26. The monoisotopic (exact) mass is 299 g/mol. The number of nitrogen functional groups attached to an aromatic ring is 1. The van der Waals surface area contributed by atoms with E-state index >= 15 is 0 Å². The number of fused-ring (bicyclic) bond motifs is 1. The lowest BCUT2D eigenvalue weighted by molar-refractivity contribution is 0.586. The molecule has 0 spiro atoms. The van der Waals surface area contributed by atoms with E-state index in [0.717, 1.165) is 16.0 Å². The minimum Gasteiger partial charge on any atom is -0.353 e. The number of aromatic nitrogens is 2. The van der Waals surface area contributed by atoms with Gasteiger partial charge in [-0.1, -0.05) is 0 Å². The van der Waals surface area contributed by atoms with Gasteiger partial charge in [0.15, 0.2) is 15.7 Å². The third-order valence-electron chi connectivity index (χ3n) is 3.06. The summed E-state index contributed by atoms with van der Waals surface area (Å²) in [4.78, 5) is 10.6. The van der Waals surface area contributed by atoms with Crippen LogP contribution in [0.1, 0.15) is 0 Å². The van der Waals surface area contributed by atoms with E-state index in [1.54, 1.807) is 11.3 Å². The van der Waals surface area contributed by atoms with Crippen molar-refractivity contribution in [3.8, 4) is 0 Å². The molecule has 2 aromatic rings. The highest BCUT2D eigenvalue weighted by Gasteiger charge is 2.24. The van der Waals surface area contributed by atoms with Gasteiger partial charge in [-0.3, -0.25) is 5.43 Å². The minimum atomic E-state index is -2.90. The van der Waals surface area contributed by atoms with Crippen molar-refractivity contribution >= 4 is 43.2 Å². The van der Waals surface area contributed by atoms with Crippen LogP contribution in [0.15, 0.2) is 11.4 Å². The highest BCUT2D eigenvalue weighted by atomic mass is 32.2. The number of rotatable bonds is 2. The van der Waals surface area contributed by atoms with Crippen LogP contribution in [0.5, 0.6) is 0 Å². The second-order valence-corrected chi connectivity index (χ2v) is 7.51. The maximum absolute atomic E-state index is 11.5. The molecule has 19 heavy (non-hydrogen) atoms. The number of hydrogen-bond acceptors (Lipinski definition) is 8. The number of nitrogens with two attached hydrogens (primary N) is 1. The zero-order valence-corrected chi connectivity index (χ0v) is 11.7. The second-order valence-electron chi connectivity index (χ2n) is 4.29. The molecule has 0 aromatic carbocycles. The van der Waals surface area contributed by atoms with Crippen molar-refractivity contribution in [3.05, 3.63) is 11.4 Å². The molecule has 102 valence electrons. The number of hydrogen-bond donors (Lipinski definition) is 2. The topological polar surface area (TPSA) is 101 Å². The molecule has 1 aliphatic heterocycles. The first kappa shape index (κ1) is 12.6. The Morgan fingerprint density at radius 1 is 1.32 bits per heavy atom. The first-order chi connectivity index (χ1) is 9.09. The van der Waals surface area contributed by atoms with Gasteiger partial charge in [-0.2, -0.15) is 4.98 Å². The van der Waals surface area contributed by atoms with Gasteiger partial charge in [0, 0.05) is 13.1 Å². The van der Waals surface area contributed by atoms with Crippen LogP contribution in [-0.2, 0) is 9.84 Å². The van der Waals surface area contributed by atoms with E-state index in [2.05, 4.69) is 15.4 Å². The molecular formula is C10H13N5O2S2. The van der Waals surface area contributed by atoms with Gasteiger partial charge in [0.25, 0.3) is 0 Å². The van der Waals surface area contributed by atoms with Crippen molar-refractivity contribution in [3.63, 3.8) is 0 Å². The molecule has 9 heteroatoms. The van der Waals surface area contributed by atoms with E-state index in [1.807, 2.05) is 16.3 Å². The molecule has 0 atom stereocenters. The van der Waals surface area contributed by atoms with Gasteiger partial charge in [-0.05, 0) is 11.4 Å². The molecule has 3 rings (SSSR count). The first-order valence-corrected chi connectivity index (χ1v) is 8.46. The maximum Gasteiger partial charge on any atom is 0.239 e. The van der Waals surface area contributed by atoms with E-state index in [4.69, 9.17) is 5.84 Å². The molecule has 0 amide bonds. The summed E-state index contributed by atoms with van der Waals surface area (Å²) in [5.74, 6) is 6.78. The Hall–Kier alpha value is -1.45. The molecular weight excluding hydrogens is 286 g/mol. The highest BCUT2D eigenvalue weighted by molar-refractivity contribution is 7.91. The number of nitrogens with zero attached hydrogens (tertiary/aromatic N) is 3. The molecule has 1 fully saturated rings. The fourth-order valence-electron chi connectivity index (χ4n) is 2.05. The molecule has 3 heterocycles. The second kappa shape index (κ2) is 4.58. The molecule has 0 saturated carbocycles. The van der Waals surface area contributed by atoms with Gasteiger partial charge in [0.05, 0.1) is 21.7 Å². The molecule has 0 radical (unpaired) electrons. The van der Waals surface area contributed by atoms with Crippen LogP contribution in [0.4, 0.5) is 11.8 Å². The Morgan fingerprint density at radius 2 is 2.05 bits per heavy atom. The highest BCUT2D eigenvalue weighted by Crippen LogP contribution is 2.30. The van der Waals surface area contributed by atoms with Crippen molar-refractivity contribution < 1.29 is 8.42 Å². The van der Waals surface area contributed by atoms with Gasteiger partial charge in [0.2, 0.25) is 5.95 Å². The zero-order valence-electron chi connectivity index (χ0n) is 10.0.